The Morgan fingerprint density at radius 2 is 0.786 bits per heavy atom. The van der Waals surface area contributed by atoms with Crippen molar-refractivity contribution in [1.29, 1.82) is 0 Å². The average Bonchev–Trinajstić information content (AvgIpc) is 3.05. The summed E-state index contributed by atoms with van der Waals surface area (Å²) in [7, 11) is 0. The summed E-state index contributed by atoms with van der Waals surface area (Å²) in [4.78, 5) is 5.05. The lowest BCUT2D eigenvalue weighted by atomic mass is 9.97. The highest BCUT2D eigenvalue weighted by Crippen LogP contribution is 2.37. The van der Waals surface area contributed by atoms with E-state index in [0.29, 0.717) is 0 Å². The summed E-state index contributed by atoms with van der Waals surface area (Å²) >= 11 is 0. The van der Waals surface area contributed by atoms with Gasteiger partial charge in [-0.15, -0.1) is 0 Å². The molecule has 1 heterocycles. The number of hydrogen-bond acceptors (Lipinski definition) is 2. The minimum atomic E-state index is 0.815. The third kappa shape index (κ3) is 5.57. The molecule has 204 valence electrons. The van der Waals surface area contributed by atoms with Gasteiger partial charge >= 0.3 is 0 Å². The van der Waals surface area contributed by atoms with Gasteiger partial charge in [-0.2, -0.15) is 0 Å². The molecule has 0 spiro atoms. The Labute approximate surface area is 249 Å². The van der Waals surface area contributed by atoms with Gasteiger partial charge in [0.2, 0.25) is 0 Å². The maximum absolute atomic E-state index is 2.52. The van der Waals surface area contributed by atoms with Crippen molar-refractivity contribution in [3.05, 3.63) is 180 Å². The zero-order valence-corrected chi connectivity index (χ0v) is 23.7. The maximum Gasteiger partial charge on any atom is 0.0451 e. The van der Waals surface area contributed by atoms with Crippen molar-refractivity contribution in [2.45, 2.75) is 26.2 Å². The van der Waals surface area contributed by atoms with E-state index < -0.39 is 0 Å². The summed E-state index contributed by atoms with van der Waals surface area (Å²) in [6.45, 7) is 3.30. The third-order valence-corrected chi connectivity index (χ3v) is 8.14. The highest BCUT2D eigenvalue weighted by molar-refractivity contribution is 5.81. The second-order valence-corrected chi connectivity index (χ2v) is 11.1. The number of benzene rings is 6. The van der Waals surface area contributed by atoms with Gasteiger partial charge in [0.1, 0.15) is 0 Å². The molecule has 0 aliphatic carbocycles. The molecule has 0 atom stereocenters. The van der Waals surface area contributed by atoms with E-state index in [1.807, 2.05) is 0 Å². The van der Waals surface area contributed by atoms with Crippen molar-refractivity contribution in [2.75, 3.05) is 9.80 Å². The van der Waals surface area contributed by atoms with Gasteiger partial charge < -0.3 is 9.80 Å². The average molecular weight is 543 g/mol. The Balaban J connectivity index is 1.41. The highest BCUT2D eigenvalue weighted by atomic mass is 15.1. The van der Waals surface area contributed by atoms with Crippen LogP contribution in [0.4, 0.5) is 11.4 Å². The molecule has 0 unspecified atom stereocenters. The first-order valence-electron chi connectivity index (χ1n) is 14.7. The molecule has 0 radical (unpaired) electrons. The first-order valence-corrected chi connectivity index (χ1v) is 14.7. The smallest absolute Gasteiger partial charge is 0.0451 e. The minimum absolute atomic E-state index is 0.815. The van der Waals surface area contributed by atoms with Crippen LogP contribution in [0, 0.1) is 0 Å². The molecule has 0 aromatic heterocycles. The molecule has 4 bridgehead atoms. The molecule has 0 saturated heterocycles. The molecule has 42 heavy (non-hydrogen) atoms. The standard InChI is InChI=1S/C40H34N2/c1-3-13-31(14-4-1)27-41-29-33-17-11-20-36(25-33)38-22-8-10-24-40(38)42(28-32-15-5-2-6-16-32)30-34-18-12-19-35(26-34)37-21-7-9-23-39(37)41/h1-26H,27-30H2. The van der Waals surface area contributed by atoms with Crippen LogP contribution in [-0.2, 0) is 26.2 Å². The fraction of sp³-hybridized carbons (Fsp3) is 0.100. The third-order valence-electron chi connectivity index (χ3n) is 8.14. The van der Waals surface area contributed by atoms with E-state index in [0.717, 1.165) is 26.2 Å². The number of hydrogen-bond donors (Lipinski definition) is 0. The van der Waals surface area contributed by atoms with Crippen molar-refractivity contribution < 1.29 is 0 Å². The largest absolute Gasteiger partial charge is 0.362 e. The van der Waals surface area contributed by atoms with Crippen LogP contribution < -0.4 is 9.80 Å². The van der Waals surface area contributed by atoms with E-state index in [4.69, 9.17) is 0 Å². The van der Waals surface area contributed by atoms with E-state index in [1.165, 1.54) is 55.9 Å². The van der Waals surface area contributed by atoms with Gasteiger partial charge in [0.15, 0.2) is 0 Å². The zero-order valence-electron chi connectivity index (χ0n) is 23.7. The van der Waals surface area contributed by atoms with E-state index in [9.17, 15) is 0 Å². The molecular weight excluding hydrogens is 508 g/mol. The van der Waals surface area contributed by atoms with Gasteiger partial charge in [-0.05, 0) is 57.6 Å². The quantitative estimate of drug-likeness (QED) is 0.219. The molecule has 2 nitrogen and oxygen atoms in total. The van der Waals surface area contributed by atoms with Crippen molar-refractivity contribution in [3.63, 3.8) is 0 Å². The fourth-order valence-corrected chi connectivity index (χ4v) is 6.16. The monoisotopic (exact) mass is 542 g/mol. The van der Waals surface area contributed by atoms with Gasteiger partial charge in [-0.3, -0.25) is 0 Å². The molecule has 6 aromatic rings. The van der Waals surface area contributed by atoms with Gasteiger partial charge in [0.05, 0.1) is 0 Å². The van der Waals surface area contributed by atoms with Crippen molar-refractivity contribution in [2.24, 2.45) is 0 Å². The van der Waals surface area contributed by atoms with Crippen LogP contribution >= 0.6 is 0 Å². The number of anilines is 2. The number of para-hydroxylation sites is 2. The van der Waals surface area contributed by atoms with Gasteiger partial charge in [0, 0.05) is 48.7 Å². The van der Waals surface area contributed by atoms with E-state index in [1.54, 1.807) is 0 Å². The molecule has 0 amide bonds. The lowest BCUT2D eigenvalue weighted by molar-refractivity contribution is 0.797. The summed E-state index contributed by atoms with van der Waals surface area (Å²) in [5, 5.41) is 0. The SMILES string of the molecule is c1ccc(CN2Cc3cccc(c3)-c3ccccc3N(Cc3ccccc3)Cc3cccc(c3)-c3ccccc32)cc1. The van der Waals surface area contributed by atoms with E-state index in [2.05, 4.69) is 168 Å². The Kier molecular flexibility index (Phi) is 7.27. The Morgan fingerprint density at radius 3 is 1.24 bits per heavy atom. The first-order chi connectivity index (χ1) is 20.8. The normalized spacial score (nSPS) is 12.7. The molecule has 2 heteroatoms. The number of fused-ring (bicyclic) bond motifs is 8. The Morgan fingerprint density at radius 1 is 0.381 bits per heavy atom. The molecule has 0 saturated carbocycles. The summed E-state index contributed by atoms with van der Waals surface area (Å²) in [6.07, 6.45) is 0. The first kappa shape index (κ1) is 25.9. The van der Waals surface area contributed by atoms with Crippen LogP contribution in [0.25, 0.3) is 22.3 Å². The Bertz CT molecular complexity index is 1660. The Hall–Kier alpha value is -5.08. The van der Waals surface area contributed by atoms with Gasteiger partial charge in [-0.1, -0.05) is 133 Å². The summed E-state index contributed by atoms with van der Waals surface area (Å²) in [5.74, 6) is 0. The summed E-state index contributed by atoms with van der Waals surface area (Å²) in [6, 6.07) is 57.6. The molecule has 6 aromatic carbocycles. The predicted molar refractivity (Wildman–Crippen MR) is 176 cm³/mol. The summed E-state index contributed by atoms with van der Waals surface area (Å²) in [5.41, 5.74) is 12.7. The number of nitrogens with zero attached hydrogens (tertiary/aromatic N) is 2. The predicted octanol–water partition coefficient (Wildman–Crippen LogP) is 9.75. The van der Waals surface area contributed by atoms with Crippen molar-refractivity contribution in [3.8, 4) is 22.3 Å². The van der Waals surface area contributed by atoms with Crippen LogP contribution in [0.15, 0.2) is 158 Å². The second kappa shape index (κ2) is 11.8. The van der Waals surface area contributed by atoms with E-state index >= 15 is 0 Å². The number of rotatable bonds is 4. The van der Waals surface area contributed by atoms with Crippen LogP contribution in [-0.4, -0.2) is 0 Å². The van der Waals surface area contributed by atoms with Crippen LogP contribution in [0.3, 0.4) is 0 Å². The fourth-order valence-electron chi connectivity index (χ4n) is 6.16. The second-order valence-electron chi connectivity index (χ2n) is 11.1. The lowest BCUT2D eigenvalue weighted by Gasteiger charge is -2.30. The van der Waals surface area contributed by atoms with Crippen LogP contribution in [0.2, 0.25) is 0 Å². The molecule has 0 N–H and O–H groups in total. The molecule has 0 fully saturated rings. The van der Waals surface area contributed by atoms with Gasteiger partial charge in [0.25, 0.3) is 0 Å². The van der Waals surface area contributed by atoms with Crippen molar-refractivity contribution in [1.82, 2.24) is 0 Å². The summed E-state index contributed by atoms with van der Waals surface area (Å²) < 4.78 is 0. The van der Waals surface area contributed by atoms with Crippen LogP contribution in [0.1, 0.15) is 22.3 Å². The molecule has 1 aliphatic rings. The maximum atomic E-state index is 2.52. The molecule has 7 rings (SSSR count). The topological polar surface area (TPSA) is 6.48 Å². The highest BCUT2D eigenvalue weighted by Gasteiger charge is 2.18. The van der Waals surface area contributed by atoms with Crippen molar-refractivity contribution >= 4 is 11.4 Å². The van der Waals surface area contributed by atoms with Gasteiger partial charge in [-0.25, -0.2) is 0 Å². The molecular formula is C40H34N2. The zero-order chi connectivity index (χ0) is 28.1. The molecule has 1 aliphatic heterocycles. The van der Waals surface area contributed by atoms with E-state index in [-0.39, 0.29) is 0 Å². The minimum Gasteiger partial charge on any atom is -0.362 e. The lowest BCUT2D eigenvalue weighted by Crippen LogP contribution is -2.24. The van der Waals surface area contributed by atoms with Crippen LogP contribution in [0.5, 0.6) is 0 Å².